The van der Waals surface area contributed by atoms with Crippen molar-refractivity contribution in [1.29, 1.82) is 0 Å². The molecule has 1 saturated carbocycles. The lowest BCUT2D eigenvalue weighted by molar-refractivity contribution is -0.00854. The molecule has 2 saturated heterocycles. The molecule has 0 bridgehead atoms. The zero-order valence-electron chi connectivity index (χ0n) is 14.1. The van der Waals surface area contributed by atoms with Gasteiger partial charge in [-0.3, -0.25) is 4.90 Å². The summed E-state index contributed by atoms with van der Waals surface area (Å²) in [5.41, 5.74) is 0.443. The van der Waals surface area contributed by atoms with Crippen molar-refractivity contribution in [1.82, 2.24) is 10.2 Å². The maximum absolute atomic E-state index is 5.94. The minimum Gasteiger partial charge on any atom is -0.378 e. The van der Waals surface area contributed by atoms with E-state index in [0.29, 0.717) is 17.7 Å². The van der Waals surface area contributed by atoms with Crippen LogP contribution in [0.4, 0.5) is 0 Å². The Hall–Kier alpha value is -0.120. The Morgan fingerprint density at radius 1 is 1.19 bits per heavy atom. The molecule has 0 aromatic heterocycles. The van der Waals surface area contributed by atoms with E-state index >= 15 is 0 Å². The maximum atomic E-state index is 5.94. The fourth-order valence-corrected chi connectivity index (χ4v) is 4.65. The van der Waals surface area contributed by atoms with E-state index in [9.17, 15) is 0 Å². The summed E-state index contributed by atoms with van der Waals surface area (Å²) in [4.78, 5) is 2.80. The summed E-state index contributed by atoms with van der Waals surface area (Å²) in [6, 6.07) is 0.708. The van der Waals surface area contributed by atoms with Crippen LogP contribution < -0.4 is 5.32 Å². The number of nitrogens with zero attached hydrogens (tertiary/aromatic N) is 1. The van der Waals surface area contributed by atoms with E-state index in [2.05, 4.69) is 24.1 Å². The van der Waals surface area contributed by atoms with Crippen molar-refractivity contribution in [2.24, 2.45) is 5.92 Å². The summed E-state index contributed by atoms with van der Waals surface area (Å²) in [6.07, 6.45) is 11.3. The highest BCUT2D eigenvalue weighted by molar-refractivity contribution is 5.01. The molecule has 3 fully saturated rings. The lowest BCUT2D eigenvalue weighted by atomic mass is 9.88. The zero-order chi connectivity index (χ0) is 14.7. The van der Waals surface area contributed by atoms with Gasteiger partial charge in [-0.25, -0.2) is 0 Å². The molecular formula is C18H34N2O. The largest absolute Gasteiger partial charge is 0.378 e. The van der Waals surface area contributed by atoms with Crippen LogP contribution in [0.1, 0.15) is 65.2 Å². The van der Waals surface area contributed by atoms with E-state index in [1.54, 1.807) is 0 Å². The molecule has 0 amide bonds. The summed E-state index contributed by atoms with van der Waals surface area (Å²) < 4.78 is 5.94. The molecular weight excluding hydrogens is 260 g/mol. The van der Waals surface area contributed by atoms with Gasteiger partial charge in [-0.1, -0.05) is 26.7 Å². The SMILES string of the molecule is CC(C)C1CNC2(CCCC2)CN1CCC1CCCCO1. The highest BCUT2D eigenvalue weighted by atomic mass is 16.5. The number of nitrogens with one attached hydrogen (secondary N) is 1. The Labute approximate surface area is 130 Å². The average molecular weight is 294 g/mol. The lowest BCUT2D eigenvalue weighted by Gasteiger charge is -2.48. The van der Waals surface area contributed by atoms with Gasteiger partial charge in [0, 0.05) is 37.8 Å². The van der Waals surface area contributed by atoms with Gasteiger partial charge in [0.2, 0.25) is 0 Å². The van der Waals surface area contributed by atoms with Crippen molar-refractivity contribution >= 4 is 0 Å². The highest BCUT2D eigenvalue weighted by Crippen LogP contribution is 2.34. The van der Waals surface area contributed by atoms with Crippen molar-refractivity contribution < 1.29 is 4.74 Å². The van der Waals surface area contributed by atoms with Crippen LogP contribution in [0.5, 0.6) is 0 Å². The van der Waals surface area contributed by atoms with E-state index in [4.69, 9.17) is 4.74 Å². The molecule has 0 radical (unpaired) electrons. The van der Waals surface area contributed by atoms with Gasteiger partial charge in [0.15, 0.2) is 0 Å². The van der Waals surface area contributed by atoms with Crippen molar-refractivity contribution in [3.05, 3.63) is 0 Å². The second-order valence-corrected chi connectivity index (χ2v) is 7.93. The van der Waals surface area contributed by atoms with Crippen LogP contribution in [-0.4, -0.2) is 48.8 Å². The van der Waals surface area contributed by atoms with Crippen molar-refractivity contribution in [2.75, 3.05) is 26.2 Å². The van der Waals surface area contributed by atoms with Crippen LogP contribution in [0.25, 0.3) is 0 Å². The molecule has 122 valence electrons. The second kappa shape index (κ2) is 6.97. The fourth-order valence-electron chi connectivity index (χ4n) is 4.65. The third-order valence-electron chi connectivity index (χ3n) is 6.00. The maximum Gasteiger partial charge on any atom is 0.0587 e. The number of piperazine rings is 1. The van der Waals surface area contributed by atoms with Crippen LogP contribution in [0.2, 0.25) is 0 Å². The predicted molar refractivity (Wildman–Crippen MR) is 87.6 cm³/mol. The Bertz CT molecular complexity index is 319. The first-order chi connectivity index (χ1) is 10.2. The first kappa shape index (κ1) is 15.8. The van der Waals surface area contributed by atoms with Gasteiger partial charge in [-0.15, -0.1) is 0 Å². The molecule has 3 nitrogen and oxygen atoms in total. The monoisotopic (exact) mass is 294 g/mol. The average Bonchev–Trinajstić information content (AvgIpc) is 2.94. The van der Waals surface area contributed by atoms with Crippen LogP contribution in [-0.2, 0) is 4.74 Å². The summed E-state index contributed by atoms with van der Waals surface area (Å²) >= 11 is 0. The zero-order valence-corrected chi connectivity index (χ0v) is 14.1. The quantitative estimate of drug-likeness (QED) is 0.862. The van der Waals surface area contributed by atoms with E-state index in [1.807, 2.05) is 0 Å². The minimum absolute atomic E-state index is 0.443. The smallest absolute Gasteiger partial charge is 0.0587 e. The van der Waals surface area contributed by atoms with E-state index in [0.717, 1.165) is 12.5 Å². The molecule has 2 unspecified atom stereocenters. The third-order valence-corrected chi connectivity index (χ3v) is 6.00. The van der Waals surface area contributed by atoms with Crippen molar-refractivity contribution in [3.63, 3.8) is 0 Å². The minimum atomic E-state index is 0.443. The Morgan fingerprint density at radius 2 is 2.00 bits per heavy atom. The number of hydrogen-bond donors (Lipinski definition) is 1. The summed E-state index contributed by atoms with van der Waals surface area (Å²) in [7, 11) is 0. The molecule has 0 aromatic carbocycles. The molecule has 3 aliphatic rings. The van der Waals surface area contributed by atoms with Gasteiger partial charge >= 0.3 is 0 Å². The Morgan fingerprint density at radius 3 is 2.67 bits per heavy atom. The van der Waals surface area contributed by atoms with Crippen molar-refractivity contribution in [3.8, 4) is 0 Å². The number of rotatable bonds is 4. The summed E-state index contributed by atoms with van der Waals surface area (Å²) in [5.74, 6) is 0.739. The molecule has 2 atom stereocenters. The Balaban J connectivity index is 1.57. The molecule has 2 aliphatic heterocycles. The van der Waals surface area contributed by atoms with Gasteiger partial charge < -0.3 is 10.1 Å². The van der Waals surface area contributed by atoms with E-state index in [-0.39, 0.29) is 0 Å². The number of hydrogen-bond acceptors (Lipinski definition) is 3. The molecule has 1 N–H and O–H groups in total. The summed E-state index contributed by atoms with van der Waals surface area (Å²) in [6.45, 7) is 9.43. The molecule has 0 aromatic rings. The van der Waals surface area contributed by atoms with Crippen LogP contribution in [0, 0.1) is 5.92 Å². The van der Waals surface area contributed by atoms with Gasteiger partial charge in [0.05, 0.1) is 6.10 Å². The molecule has 3 heteroatoms. The van der Waals surface area contributed by atoms with E-state index in [1.165, 1.54) is 71.0 Å². The molecule has 1 spiro atoms. The molecule has 1 aliphatic carbocycles. The lowest BCUT2D eigenvalue weighted by Crippen LogP contribution is -2.64. The Kier molecular flexibility index (Phi) is 5.23. The van der Waals surface area contributed by atoms with Crippen LogP contribution >= 0.6 is 0 Å². The van der Waals surface area contributed by atoms with Gasteiger partial charge in [-0.05, 0) is 44.4 Å². The third kappa shape index (κ3) is 3.80. The van der Waals surface area contributed by atoms with Gasteiger partial charge in [-0.2, -0.15) is 0 Å². The van der Waals surface area contributed by atoms with Gasteiger partial charge in [0.25, 0.3) is 0 Å². The second-order valence-electron chi connectivity index (χ2n) is 7.93. The highest BCUT2D eigenvalue weighted by Gasteiger charge is 2.41. The standard InChI is InChI=1S/C18H34N2O/c1-15(2)17-13-19-18(9-4-5-10-18)14-20(17)11-8-16-7-3-6-12-21-16/h15-17,19H,3-14H2,1-2H3. The van der Waals surface area contributed by atoms with E-state index < -0.39 is 0 Å². The topological polar surface area (TPSA) is 24.5 Å². The van der Waals surface area contributed by atoms with Gasteiger partial charge in [0.1, 0.15) is 0 Å². The number of ether oxygens (including phenoxy) is 1. The normalized spacial score (nSPS) is 33.9. The molecule has 21 heavy (non-hydrogen) atoms. The molecule has 2 heterocycles. The van der Waals surface area contributed by atoms with Crippen LogP contribution in [0.15, 0.2) is 0 Å². The fraction of sp³-hybridized carbons (Fsp3) is 1.00. The van der Waals surface area contributed by atoms with Crippen molar-refractivity contribution in [2.45, 2.75) is 82.9 Å². The molecule has 3 rings (SSSR count). The van der Waals surface area contributed by atoms with Crippen LogP contribution in [0.3, 0.4) is 0 Å². The first-order valence-corrected chi connectivity index (χ1v) is 9.29. The summed E-state index contributed by atoms with van der Waals surface area (Å²) in [5, 5.41) is 3.92. The predicted octanol–water partition coefficient (Wildman–Crippen LogP) is 3.19. The first-order valence-electron chi connectivity index (χ1n) is 9.29.